The Hall–Kier alpha value is -4.02. The molecule has 0 saturated carbocycles. The van der Waals surface area contributed by atoms with E-state index in [0.29, 0.717) is 49.4 Å². The molecule has 0 aromatic heterocycles. The fourth-order valence-corrected chi connectivity index (χ4v) is 6.42. The number of benzene rings is 2. The van der Waals surface area contributed by atoms with E-state index in [1.54, 1.807) is 56.9 Å². The number of likely N-dealkylation sites (tertiary alicyclic amines) is 1. The van der Waals surface area contributed by atoms with Crippen molar-refractivity contribution in [1.29, 1.82) is 0 Å². The van der Waals surface area contributed by atoms with E-state index in [-0.39, 0.29) is 43.3 Å². The van der Waals surface area contributed by atoms with Crippen LogP contribution in [0.2, 0.25) is 0 Å². The summed E-state index contributed by atoms with van der Waals surface area (Å²) >= 11 is 0. The van der Waals surface area contributed by atoms with Crippen LogP contribution in [-0.2, 0) is 31.3 Å². The number of amides is 4. The first-order valence-electron chi connectivity index (χ1n) is 14.7. The fourth-order valence-electron chi connectivity index (χ4n) is 6.42. The zero-order chi connectivity index (χ0) is 29.6. The van der Waals surface area contributed by atoms with Crippen LogP contribution in [0.5, 0.6) is 0 Å². The van der Waals surface area contributed by atoms with E-state index < -0.39 is 17.4 Å². The van der Waals surface area contributed by atoms with Crippen LogP contribution in [0.1, 0.15) is 50.2 Å². The Labute approximate surface area is 244 Å². The van der Waals surface area contributed by atoms with Gasteiger partial charge in [0.1, 0.15) is 0 Å². The van der Waals surface area contributed by atoms with Crippen LogP contribution in [0.15, 0.2) is 54.6 Å². The van der Waals surface area contributed by atoms with Crippen molar-refractivity contribution in [3.8, 4) is 0 Å². The van der Waals surface area contributed by atoms with Gasteiger partial charge in [-0.05, 0) is 48.7 Å². The average molecular weight is 573 g/mol. The summed E-state index contributed by atoms with van der Waals surface area (Å²) in [5.74, 6) is -1.21. The third-order valence-corrected chi connectivity index (χ3v) is 9.11. The zero-order valence-electron chi connectivity index (χ0n) is 23.7. The van der Waals surface area contributed by atoms with E-state index in [4.69, 9.17) is 0 Å². The summed E-state index contributed by atoms with van der Waals surface area (Å²) in [6, 6.07) is 12.6. The van der Waals surface area contributed by atoms with Crippen molar-refractivity contribution in [1.82, 2.24) is 4.90 Å². The number of nitrogens with zero attached hydrogens (tertiary/aromatic N) is 4. The predicted molar refractivity (Wildman–Crippen MR) is 157 cm³/mol. The summed E-state index contributed by atoms with van der Waals surface area (Å²) in [4.78, 5) is 57.6. The smallest absolute Gasteiger partial charge is 0.264 e. The molecule has 3 atom stereocenters. The van der Waals surface area contributed by atoms with Gasteiger partial charge in [-0.25, -0.2) is 0 Å². The van der Waals surface area contributed by atoms with Gasteiger partial charge in [-0.1, -0.05) is 31.2 Å². The molecule has 0 spiro atoms. The van der Waals surface area contributed by atoms with Crippen molar-refractivity contribution in [3.63, 3.8) is 0 Å². The SMILES string of the molecule is C[C@@H](/C=C/CC(=O)N1CCC[C@H]1CO)[C@]1(O)C(=O)N(Cc2cccc(N3CCC3=O)c2)c2ccc(N3CCC3=O)cc21. The molecule has 4 aliphatic heterocycles. The molecular weight excluding hydrogens is 536 g/mol. The Bertz CT molecular complexity index is 1470. The van der Waals surface area contributed by atoms with Gasteiger partial charge in [0.15, 0.2) is 5.60 Å². The highest BCUT2D eigenvalue weighted by Crippen LogP contribution is 2.47. The lowest BCUT2D eigenvalue weighted by molar-refractivity contribution is -0.139. The van der Waals surface area contributed by atoms with Crippen LogP contribution < -0.4 is 14.7 Å². The number of aliphatic hydroxyl groups excluding tert-OH is 1. The Morgan fingerprint density at radius 1 is 1.02 bits per heavy atom. The van der Waals surface area contributed by atoms with Crippen LogP contribution in [0, 0.1) is 5.92 Å². The molecule has 6 rings (SSSR count). The van der Waals surface area contributed by atoms with Gasteiger partial charge in [-0.3, -0.25) is 19.2 Å². The molecule has 2 N–H and O–H groups in total. The maximum absolute atomic E-state index is 14.1. The molecule has 10 nitrogen and oxygen atoms in total. The van der Waals surface area contributed by atoms with Crippen molar-refractivity contribution in [2.75, 3.05) is 40.9 Å². The molecule has 0 radical (unpaired) electrons. The molecule has 220 valence electrons. The molecule has 3 saturated heterocycles. The van der Waals surface area contributed by atoms with Gasteiger partial charge in [0, 0.05) is 61.8 Å². The lowest BCUT2D eigenvalue weighted by Crippen LogP contribution is -2.45. The largest absolute Gasteiger partial charge is 0.394 e. The lowest BCUT2D eigenvalue weighted by atomic mass is 9.82. The minimum absolute atomic E-state index is 0.00780. The number of anilines is 3. The highest BCUT2D eigenvalue weighted by Gasteiger charge is 2.53. The summed E-state index contributed by atoms with van der Waals surface area (Å²) < 4.78 is 0. The molecule has 2 aromatic carbocycles. The summed E-state index contributed by atoms with van der Waals surface area (Å²) in [7, 11) is 0. The van der Waals surface area contributed by atoms with E-state index in [1.165, 1.54) is 0 Å². The number of hydrogen-bond donors (Lipinski definition) is 2. The molecule has 4 amide bonds. The number of hydrogen-bond acceptors (Lipinski definition) is 6. The second-order valence-electron chi connectivity index (χ2n) is 11.6. The highest BCUT2D eigenvalue weighted by atomic mass is 16.3. The number of aliphatic hydroxyl groups is 2. The lowest BCUT2D eigenvalue weighted by Gasteiger charge is -2.32. The van der Waals surface area contributed by atoms with Gasteiger partial charge in [0.25, 0.3) is 5.91 Å². The van der Waals surface area contributed by atoms with Crippen LogP contribution in [-0.4, -0.2) is 71.0 Å². The third-order valence-electron chi connectivity index (χ3n) is 9.11. The predicted octanol–water partition coefficient (Wildman–Crippen LogP) is 2.46. The maximum atomic E-state index is 14.1. The van der Waals surface area contributed by atoms with Gasteiger partial charge < -0.3 is 29.8 Å². The first-order valence-corrected chi connectivity index (χ1v) is 14.7. The molecule has 4 heterocycles. The Morgan fingerprint density at radius 2 is 1.74 bits per heavy atom. The van der Waals surface area contributed by atoms with Crippen molar-refractivity contribution in [2.45, 2.75) is 57.2 Å². The van der Waals surface area contributed by atoms with Crippen molar-refractivity contribution in [3.05, 3.63) is 65.7 Å². The van der Waals surface area contributed by atoms with Crippen LogP contribution in [0.3, 0.4) is 0 Å². The second kappa shape index (κ2) is 11.0. The first-order chi connectivity index (χ1) is 20.2. The minimum Gasteiger partial charge on any atom is -0.394 e. The molecule has 10 heteroatoms. The van der Waals surface area contributed by atoms with E-state index in [9.17, 15) is 29.4 Å². The third kappa shape index (κ3) is 4.68. The summed E-state index contributed by atoms with van der Waals surface area (Å²) in [5, 5.41) is 21.7. The van der Waals surface area contributed by atoms with Crippen molar-refractivity contribution >= 4 is 40.7 Å². The van der Waals surface area contributed by atoms with Crippen molar-refractivity contribution < 1.29 is 29.4 Å². The Balaban J connectivity index is 1.28. The molecule has 42 heavy (non-hydrogen) atoms. The van der Waals surface area contributed by atoms with E-state index in [2.05, 4.69) is 0 Å². The van der Waals surface area contributed by atoms with Crippen molar-refractivity contribution in [2.24, 2.45) is 5.92 Å². The topological polar surface area (TPSA) is 122 Å². The highest BCUT2D eigenvalue weighted by molar-refractivity contribution is 6.08. The molecule has 0 aliphatic carbocycles. The average Bonchev–Trinajstić information content (AvgIpc) is 3.54. The van der Waals surface area contributed by atoms with E-state index >= 15 is 0 Å². The second-order valence-corrected chi connectivity index (χ2v) is 11.6. The van der Waals surface area contributed by atoms with Crippen LogP contribution >= 0.6 is 0 Å². The first kappa shape index (κ1) is 28.1. The van der Waals surface area contributed by atoms with Gasteiger partial charge in [0.05, 0.1) is 24.9 Å². The number of β-lactam (4-membered cyclic amide) rings is 2. The number of carbonyl (C=O) groups excluding carboxylic acids is 4. The summed E-state index contributed by atoms with van der Waals surface area (Å²) in [6.45, 7) is 3.73. The summed E-state index contributed by atoms with van der Waals surface area (Å²) in [6.07, 6.45) is 6.11. The minimum atomic E-state index is -1.91. The zero-order valence-corrected chi connectivity index (χ0v) is 23.7. The van der Waals surface area contributed by atoms with Gasteiger partial charge in [0.2, 0.25) is 17.7 Å². The van der Waals surface area contributed by atoms with Crippen LogP contribution in [0.25, 0.3) is 0 Å². The molecule has 2 aromatic rings. The quantitative estimate of drug-likeness (QED) is 0.352. The molecule has 0 unspecified atom stereocenters. The van der Waals surface area contributed by atoms with E-state index in [1.807, 2.05) is 24.3 Å². The van der Waals surface area contributed by atoms with Gasteiger partial charge >= 0.3 is 0 Å². The standard InChI is InChI=1S/C32H36N4O6/c1-21(5-2-9-28(38)33-14-4-8-25(33)20-37)32(42)26-18-24(35-16-13-30(35)40)10-11-27(26)36(31(32)41)19-22-6-3-7-23(17-22)34-15-12-29(34)39/h2-3,5-7,10-11,17-18,21,25,37,42H,4,8-9,12-16,19-20H2,1H3/b5-2+/t21-,25-,32+/m0/s1. The van der Waals surface area contributed by atoms with Gasteiger partial charge in [-0.15, -0.1) is 0 Å². The molecular formula is C32H36N4O6. The molecule has 3 fully saturated rings. The number of carbonyl (C=O) groups is 4. The fraction of sp³-hybridized carbons (Fsp3) is 0.438. The molecule has 0 bridgehead atoms. The molecule has 4 aliphatic rings. The Kier molecular flexibility index (Phi) is 7.36. The monoisotopic (exact) mass is 572 g/mol. The van der Waals surface area contributed by atoms with E-state index in [0.717, 1.165) is 24.1 Å². The maximum Gasteiger partial charge on any atom is 0.264 e. The summed E-state index contributed by atoms with van der Waals surface area (Å²) in [5.41, 5.74) is 1.29. The number of rotatable bonds is 9. The van der Waals surface area contributed by atoms with Crippen LogP contribution in [0.4, 0.5) is 17.1 Å². The number of fused-ring (bicyclic) bond motifs is 1. The normalized spacial score (nSPS) is 24.4. The van der Waals surface area contributed by atoms with Gasteiger partial charge in [-0.2, -0.15) is 0 Å². The Morgan fingerprint density at radius 3 is 2.38 bits per heavy atom.